The second kappa shape index (κ2) is 7.79. The molecule has 3 heteroatoms. The fraction of sp³-hybridized carbons (Fsp3) is 0.722. The molecule has 0 aliphatic carbocycles. The van der Waals surface area contributed by atoms with E-state index in [2.05, 4.69) is 57.9 Å². The standard InChI is InChI=1S/C18H32N2O/c1-13(2)9-8-10-21-17-16(12-19-18(5,6)7)14(3)11-15(4)20-17/h11,13,19H,8-10,12H2,1-7H3. The lowest BCUT2D eigenvalue weighted by atomic mass is 10.1. The van der Waals surface area contributed by atoms with Crippen LogP contribution in [0.3, 0.4) is 0 Å². The highest BCUT2D eigenvalue weighted by Crippen LogP contribution is 2.22. The van der Waals surface area contributed by atoms with Crippen molar-refractivity contribution in [2.24, 2.45) is 5.92 Å². The van der Waals surface area contributed by atoms with Crippen molar-refractivity contribution in [3.8, 4) is 5.88 Å². The molecule has 0 unspecified atom stereocenters. The summed E-state index contributed by atoms with van der Waals surface area (Å²) in [6.07, 6.45) is 2.28. The molecule has 0 bridgehead atoms. The van der Waals surface area contributed by atoms with Gasteiger partial charge < -0.3 is 10.1 Å². The molecule has 1 aromatic heterocycles. The Morgan fingerprint density at radius 2 is 1.90 bits per heavy atom. The highest BCUT2D eigenvalue weighted by atomic mass is 16.5. The van der Waals surface area contributed by atoms with Gasteiger partial charge in [0.25, 0.3) is 0 Å². The molecule has 120 valence electrons. The number of rotatable bonds is 7. The van der Waals surface area contributed by atoms with E-state index in [1.54, 1.807) is 0 Å². The number of aromatic nitrogens is 1. The van der Waals surface area contributed by atoms with E-state index in [1.165, 1.54) is 17.5 Å². The van der Waals surface area contributed by atoms with Crippen LogP contribution in [0.1, 0.15) is 64.3 Å². The number of pyridine rings is 1. The summed E-state index contributed by atoms with van der Waals surface area (Å²) >= 11 is 0. The summed E-state index contributed by atoms with van der Waals surface area (Å²) in [6, 6.07) is 2.13. The van der Waals surface area contributed by atoms with Gasteiger partial charge in [-0.3, -0.25) is 0 Å². The van der Waals surface area contributed by atoms with Crippen LogP contribution in [0, 0.1) is 19.8 Å². The number of nitrogens with zero attached hydrogens (tertiary/aromatic N) is 1. The summed E-state index contributed by atoms with van der Waals surface area (Å²) in [5, 5.41) is 3.53. The molecule has 0 fully saturated rings. The quantitative estimate of drug-likeness (QED) is 0.756. The van der Waals surface area contributed by atoms with Crippen LogP contribution in [0.5, 0.6) is 5.88 Å². The van der Waals surface area contributed by atoms with Gasteiger partial charge in [0, 0.05) is 23.3 Å². The van der Waals surface area contributed by atoms with Crippen LogP contribution in [0.25, 0.3) is 0 Å². The first kappa shape index (κ1) is 18.0. The minimum Gasteiger partial charge on any atom is -0.477 e. The van der Waals surface area contributed by atoms with Crippen molar-refractivity contribution >= 4 is 0 Å². The van der Waals surface area contributed by atoms with Crippen LogP contribution >= 0.6 is 0 Å². The number of ether oxygens (including phenoxy) is 1. The van der Waals surface area contributed by atoms with Gasteiger partial charge in [-0.05, 0) is 65.0 Å². The first-order chi connectivity index (χ1) is 9.69. The van der Waals surface area contributed by atoms with Crippen molar-refractivity contribution in [1.29, 1.82) is 0 Å². The van der Waals surface area contributed by atoms with Crippen molar-refractivity contribution in [1.82, 2.24) is 10.3 Å². The first-order valence-electron chi connectivity index (χ1n) is 8.04. The Balaban J connectivity index is 2.75. The third-order valence-corrected chi connectivity index (χ3v) is 3.40. The largest absolute Gasteiger partial charge is 0.477 e. The van der Waals surface area contributed by atoms with Gasteiger partial charge in [0.05, 0.1) is 6.61 Å². The molecule has 0 amide bonds. The van der Waals surface area contributed by atoms with E-state index >= 15 is 0 Å². The van der Waals surface area contributed by atoms with Crippen LogP contribution in [-0.4, -0.2) is 17.1 Å². The molecule has 0 atom stereocenters. The molecular weight excluding hydrogens is 260 g/mol. The lowest BCUT2D eigenvalue weighted by Gasteiger charge is -2.22. The zero-order chi connectivity index (χ0) is 16.0. The summed E-state index contributed by atoms with van der Waals surface area (Å²) in [4.78, 5) is 4.59. The molecule has 21 heavy (non-hydrogen) atoms. The van der Waals surface area contributed by atoms with Gasteiger partial charge in [0.1, 0.15) is 0 Å². The van der Waals surface area contributed by atoms with E-state index in [0.717, 1.165) is 37.1 Å². The summed E-state index contributed by atoms with van der Waals surface area (Å²) < 4.78 is 5.96. The summed E-state index contributed by atoms with van der Waals surface area (Å²) in [7, 11) is 0. The third kappa shape index (κ3) is 6.94. The topological polar surface area (TPSA) is 34.1 Å². The van der Waals surface area contributed by atoms with Crippen molar-refractivity contribution in [2.75, 3.05) is 6.61 Å². The summed E-state index contributed by atoms with van der Waals surface area (Å²) in [5.74, 6) is 1.52. The average molecular weight is 292 g/mol. The Morgan fingerprint density at radius 3 is 2.48 bits per heavy atom. The molecule has 0 spiro atoms. The predicted octanol–water partition coefficient (Wildman–Crippen LogP) is 4.40. The SMILES string of the molecule is Cc1cc(C)c(CNC(C)(C)C)c(OCCCC(C)C)n1. The fourth-order valence-electron chi connectivity index (χ4n) is 2.18. The van der Waals surface area contributed by atoms with Gasteiger partial charge in [0.15, 0.2) is 0 Å². The molecule has 0 saturated carbocycles. The zero-order valence-corrected chi connectivity index (χ0v) is 14.8. The molecule has 1 rings (SSSR count). The Hall–Kier alpha value is -1.09. The normalized spacial score (nSPS) is 12.0. The second-order valence-electron chi connectivity index (χ2n) is 7.35. The molecule has 0 saturated heterocycles. The second-order valence-corrected chi connectivity index (χ2v) is 7.35. The summed E-state index contributed by atoms with van der Waals surface area (Å²) in [5.41, 5.74) is 3.54. The van der Waals surface area contributed by atoms with Gasteiger partial charge in [-0.1, -0.05) is 13.8 Å². The van der Waals surface area contributed by atoms with Gasteiger partial charge in [0.2, 0.25) is 5.88 Å². The lowest BCUT2D eigenvalue weighted by molar-refractivity contribution is 0.281. The van der Waals surface area contributed by atoms with E-state index in [0.29, 0.717) is 0 Å². The smallest absolute Gasteiger partial charge is 0.218 e. The van der Waals surface area contributed by atoms with Gasteiger partial charge >= 0.3 is 0 Å². The molecule has 0 aliphatic heterocycles. The van der Waals surface area contributed by atoms with Crippen LogP contribution in [0.15, 0.2) is 6.07 Å². The zero-order valence-electron chi connectivity index (χ0n) is 14.8. The lowest BCUT2D eigenvalue weighted by Crippen LogP contribution is -2.35. The van der Waals surface area contributed by atoms with Crippen LogP contribution in [-0.2, 0) is 6.54 Å². The van der Waals surface area contributed by atoms with Crippen LogP contribution in [0.4, 0.5) is 0 Å². The van der Waals surface area contributed by atoms with E-state index < -0.39 is 0 Å². The maximum atomic E-state index is 5.96. The molecule has 0 aliphatic rings. The number of nitrogens with one attached hydrogen (secondary N) is 1. The molecule has 3 nitrogen and oxygen atoms in total. The van der Waals surface area contributed by atoms with Crippen LogP contribution in [0.2, 0.25) is 0 Å². The fourth-order valence-corrected chi connectivity index (χ4v) is 2.18. The van der Waals surface area contributed by atoms with Crippen molar-refractivity contribution in [2.45, 2.75) is 73.4 Å². The number of hydrogen-bond donors (Lipinski definition) is 1. The van der Waals surface area contributed by atoms with Gasteiger partial charge in [-0.25, -0.2) is 4.98 Å². The van der Waals surface area contributed by atoms with E-state index in [9.17, 15) is 0 Å². The molecule has 1 N–H and O–H groups in total. The Morgan fingerprint density at radius 1 is 1.24 bits per heavy atom. The molecule has 1 aromatic rings. The predicted molar refractivity (Wildman–Crippen MR) is 89.9 cm³/mol. The molecule has 1 heterocycles. The summed E-state index contributed by atoms with van der Waals surface area (Å²) in [6.45, 7) is 16.7. The Labute approximate surface area is 130 Å². The highest BCUT2D eigenvalue weighted by Gasteiger charge is 2.14. The van der Waals surface area contributed by atoms with Crippen molar-refractivity contribution < 1.29 is 4.74 Å². The maximum absolute atomic E-state index is 5.96. The van der Waals surface area contributed by atoms with E-state index in [1.807, 2.05) is 6.92 Å². The van der Waals surface area contributed by atoms with Crippen molar-refractivity contribution in [3.63, 3.8) is 0 Å². The maximum Gasteiger partial charge on any atom is 0.218 e. The van der Waals surface area contributed by atoms with Gasteiger partial charge in [-0.2, -0.15) is 0 Å². The van der Waals surface area contributed by atoms with E-state index in [4.69, 9.17) is 4.74 Å². The Bertz CT molecular complexity index is 447. The monoisotopic (exact) mass is 292 g/mol. The minimum atomic E-state index is 0.0895. The minimum absolute atomic E-state index is 0.0895. The van der Waals surface area contributed by atoms with Crippen molar-refractivity contribution in [3.05, 3.63) is 22.9 Å². The molecule has 0 radical (unpaired) electrons. The third-order valence-electron chi connectivity index (χ3n) is 3.40. The molecular formula is C18H32N2O. The highest BCUT2D eigenvalue weighted by molar-refractivity contribution is 5.36. The number of aryl methyl sites for hydroxylation is 2. The average Bonchev–Trinajstić information content (AvgIpc) is 2.31. The first-order valence-corrected chi connectivity index (χ1v) is 8.04. The van der Waals surface area contributed by atoms with Crippen LogP contribution < -0.4 is 10.1 Å². The Kier molecular flexibility index (Phi) is 6.66. The van der Waals surface area contributed by atoms with E-state index in [-0.39, 0.29) is 5.54 Å². The number of hydrogen-bond acceptors (Lipinski definition) is 3. The molecule has 0 aromatic carbocycles. The van der Waals surface area contributed by atoms with Gasteiger partial charge in [-0.15, -0.1) is 0 Å².